The van der Waals surface area contributed by atoms with Gasteiger partial charge in [0.15, 0.2) is 10.8 Å². The maximum Gasteiger partial charge on any atom is 0.413 e. The normalized spacial score (nSPS) is 19.8. The van der Waals surface area contributed by atoms with Crippen LogP contribution in [0.25, 0.3) is 0 Å². The largest absolute Gasteiger partial charge is 0.455 e. The van der Waals surface area contributed by atoms with Gasteiger partial charge in [0.05, 0.1) is 6.61 Å². The van der Waals surface area contributed by atoms with Crippen molar-refractivity contribution in [3.63, 3.8) is 0 Å². The number of thiazole rings is 1. The van der Waals surface area contributed by atoms with Gasteiger partial charge in [-0.25, -0.2) is 14.6 Å². The highest BCUT2D eigenvalue weighted by atomic mass is 32.2. The molecular weight excluding hydrogens is 538 g/mol. The molecule has 0 saturated carbocycles. The molecule has 1 aromatic rings. The zero-order chi connectivity index (χ0) is 28.4. The summed E-state index contributed by atoms with van der Waals surface area (Å²) in [7, 11) is 1.25. The molecule has 2 aliphatic heterocycles. The molecule has 208 valence electrons. The third-order valence-electron chi connectivity index (χ3n) is 4.87. The topological polar surface area (TPSA) is 169 Å². The number of ether oxygens (including phenoxy) is 2. The highest BCUT2D eigenvalue weighted by Crippen LogP contribution is 2.41. The van der Waals surface area contributed by atoms with Crippen molar-refractivity contribution in [3.8, 4) is 0 Å². The highest BCUT2D eigenvalue weighted by molar-refractivity contribution is 8.00. The number of β-lactam (4-membered cyclic amide) rings is 1. The van der Waals surface area contributed by atoms with Gasteiger partial charge in [-0.1, -0.05) is 5.16 Å². The Hall–Kier alpha value is -3.17. The number of thioether (sulfide) groups is 1. The molecule has 0 radical (unpaired) electrons. The van der Waals surface area contributed by atoms with Gasteiger partial charge in [0, 0.05) is 11.1 Å². The van der Waals surface area contributed by atoms with Crippen LogP contribution in [-0.4, -0.2) is 86.7 Å². The summed E-state index contributed by atoms with van der Waals surface area (Å²) in [6.07, 6.45) is -0.710. The quantitative estimate of drug-likeness (QED) is 0.191. The van der Waals surface area contributed by atoms with Crippen LogP contribution in [0.3, 0.4) is 0 Å². The lowest BCUT2D eigenvalue weighted by molar-refractivity contribution is -0.158. The van der Waals surface area contributed by atoms with Gasteiger partial charge in [0.1, 0.15) is 41.1 Å². The number of esters is 1. The highest BCUT2D eigenvalue weighted by Gasteiger charge is 2.55. The molecule has 0 spiro atoms. The second kappa shape index (κ2) is 11.3. The number of aliphatic hydroxyl groups is 1. The van der Waals surface area contributed by atoms with Gasteiger partial charge >= 0.3 is 12.1 Å². The van der Waals surface area contributed by atoms with Crippen LogP contribution < -0.4 is 10.6 Å². The maximum atomic E-state index is 13.1. The van der Waals surface area contributed by atoms with Crippen molar-refractivity contribution in [1.82, 2.24) is 15.2 Å². The Morgan fingerprint density at radius 2 is 1.84 bits per heavy atom. The van der Waals surface area contributed by atoms with Crippen LogP contribution in [0.4, 0.5) is 9.93 Å². The summed E-state index contributed by atoms with van der Waals surface area (Å²) in [5, 5.41) is 19.7. The molecule has 1 fully saturated rings. The van der Waals surface area contributed by atoms with E-state index in [1.165, 1.54) is 29.2 Å². The molecule has 3 rings (SSSR count). The number of amides is 3. The summed E-state index contributed by atoms with van der Waals surface area (Å²) < 4.78 is 10.6. The molecular formula is C23H31N5O8S2. The molecule has 15 heteroatoms. The van der Waals surface area contributed by atoms with Crippen LogP contribution in [-0.2, 0) is 28.7 Å². The molecule has 38 heavy (non-hydrogen) atoms. The second-order valence-corrected chi connectivity index (χ2v) is 12.2. The Morgan fingerprint density at radius 1 is 1.18 bits per heavy atom. The van der Waals surface area contributed by atoms with Crippen molar-refractivity contribution < 1.29 is 38.6 Å². The van der Waals surface area contributed by atoms with Gasteiger partial charge in [-0.15, -0.1) is 23.1 Å². The minimum atomic E-state index is -0.967. The van der Waals surface area contributed by atoms with Crippen molar-refractivity contribution >= 4 is 57.8 Å². The predicted molar refractivity (Wildman–Crippen MR) is 140 cm³/mol. The number of nitrogens with one attached hydrogen (secondary N) is 2. The number of aliphatic hydroxyl groups excluding tert-OH is 1. The Labute approximate surface area is 228 Å². The number of anilines is 1. The summed E-state index contributed by atoms with van der Waals surface area (Å²) in [6, 6.07) is -0.967. The molecule has 0 aliphatic carbocycles. The van der Waals surface area contributed by atoms with Gasteiger partial charge in [-0.3, -0.25) is 19.8 Å². The second-order valence-electron chi connectivity index (χ2n) is 10.3. The van der Waals surface area contributed by atoms with E-state index in [1.807, 2.05) is 0 Å². The summed E-state index contributed by atoms with van der Waals surface area (Å²) in [6.45, 7) is 9.84. The number of carbonyl (C=O) groups is 4. The van der Waals surface area contributed by atoms with E-state index in [1.54, 1.807) is 41.5 Å². The smallest absolute Gasteiger partial charge is 0.413 e. The maximum absolute atomic E-state index is 13.1. The van der Waals surface area contributed by atoms with E-state index < -0.39 is 53.1 Å². The minimum Gasteiger partial charge on any atom is -0.455 e. The molecule has 0 aromatic carbocycles. The van der Waals surface area contributed by atoms with Gasteiger partial charge in [-0.05, 0) is 47.1 Å². The van der Waals surface area contributed by atoms with E-state index >= 15 is 0 Å². The first-order valence-corrected chi connectivity index (χ1v) is 13.5. The zero-order valence-electron chi connectivity index (χ0n) is 22.1. The minimum absolute atomic E-state index is 0.00943. The van der Waals surface area contributed by atoms with E-state index in [0.29, 0.717) is 5.57 Å². The lowest BCUT2D eigenvalue weighted by atomic mass is 10.0. The van der Waals surface area contributed by atoms with Gasteiger partial charge < -0.3 is 24.7 Å². The molecule has 1 unspecified atom stereocenters. The van der Waals surface area contributed by atoms with E-state index in [-0.39, 0.29) is 28.0 Å². The van der Waals surface area contributed by atoms with Crippen molar-refractivity contribution in [3.05, 3.63) is 22.3 Å². The first-order chi connectivity index (χ1) is 17.6. The molecule has 0 bridgehead atoms. The lowest BCUT2D eigenvalue weighted by Crippen LogP contribution is -2.71. The summed E-state index contributed by atoms with van der Waals surface area (Å²) >= 11 is 2.34. The number of carbonyl (C=O) groups excluding carboxylic acids is 4. The van der Waals surface area contributed by atoms with E-state index in [9.17, 15) is 24.3 Å². The molecule has 1 saturated heterocycles. The number of rotatable bonds is 7. The first-order valence-electron chi connectivity index (χ1n) is 11.5. The fraction of sp³-hybridized carbons (Fsp3) is 0.565. The fourth-order valence-corrected chi connectivity index (χ4v) is 5.47. The molecule has 1 aromatic heterocycles. The van der Waals surface area contributed by atoms with Gasteiger partial charge in [0.25, 0.3) is 11.8 Å². The average molecular weight is 570 g/mol. The molecule has 3 N–H and O–H groups in total. The van der Waals surface area contributed by atoms with Crippen molar-refractivity contribution in [1.29, 1.82) is 0 Å². The van der Waals surface area contributed by atoms with Crippen LogP contribution in [0.2, 0.25) is 0 Å². The fourth-order valence-electron chi connectivity index (χ4n) is 3.46. The Bertz CT molecular complexity index is 1180. The van der Waals surface area contributed by atoms with E-state index in [4.69, 9.17) is 14.3 Å². The monoisotopic (exact) mass is 569 g/mol. The van der Waals surface area contributed by atoms with Crippen molar-refractivity contribution in [2.24, 2.45) is 5.16 Å². The number of nitrogens with zero attached hydrogens (tertiary/aromatic N) is 3. The molecule has 3 heterocycles. The van der Waals surface area contributed by atoms with Crippen LogP contribution in [0.5, 0.6) is 0 Å². The first kappa shape index (κ1) is 29.4. The lowest BCUT2D eigenvalue weighted by Gasteiger charge is -2.49. The third kappa shape index (κ3) is 6.82. The molecule has 3 amide bonds. The number of hydrogen-bond acceptors (Lipinski definition) is 12. The van der Waals surface area contributed by atoms with Crippen LogP contribution in [0.1, 0.15) is 47.2 Å². The number of fused-ring (bicyclic) bond motifs is 1. The van der Waals surface area contributed by atoms with E-state index in [2.05, 4.69) is 20.8 Å². The average Bonchev–Trinajstić information content (AvgIpc) is 3.24. The SMILES string of the molecule is CO/N=C(\C(=O)NC1C(=O)N2C(C(=O)OC(C)(C)C)=C(CO)CS[C@@H]12)c1csc(NC(=O)OC(C)(C)C)n1. The molecule has 2 aliphatic rings. The van der Waals surface area contributed by atoms with Gasteiger partial charge in [-0.2, -0.15) is 0 Å². The van der Waals surface area contributed by atoms with Crippen LogP contribution in [0, 0.1) is 0 Å². The summed E-state index contributed by atoms with van der Waals surface area (Å²) in [4.78, 5) is 61.3. The van der Waals surface area contributed by atoms with Gasteiger partial charge in [0.2, 0.25) is 0 Å². The standard InChI is InChI=1S/C23H31N5O8S2/c1-22(2,3)35-19(32)15-11(8-29)9-37-18-14(17(31)28(15)18)25-16(30)13(27-34-7)12-10-38-20(24-12)26-21(33)36-23(4,5)6/h10,14,18,29H,8-9H2,1-7H3,(H,25,30)(H,24,26,33)/b27-13-/t14?,18-/m0/s1. The number of oxime groups is 1. The number of aromatic nitrogens is 1. The van der Waals surface area contributed by atoms with Crippen molar-refractivity contribution in [2.75, 3.05) is 24.8 Å². The van der Waals surface area contributed by atoms with Crippen LogP contribution in [0.15, 0.2) is 21.8 Å². The van der Waals surface area contributed by atoms with Crippen molar-refractivity contribution in [2.45, 2.75) is 64.2 Å². The molecule has 2 atom stereocenters. The van der Waals surface area contributed by atoms with Crippen LogP contribution >= 0.6 is 23.1 Å². The summed E-state index contributed by atoms with van der Waals surface area (Å²) in [5.74, 6) is -1.73. The zero-order valence-corrected chi connectivity index (χ0v) is 23.7. The Kier molecular flexibility index (Phi) is 8.73. The number of hydrogen-bond donors (Lipinski definition) is 3. The third-order valence-corrected chi connectivity index (χ3v) is 6.97. The molecule has 13 nitrogen and oxygen atoms in total. The van der Waals surface area contributed by atoms with E-state index in [0.717, 1.165) is 11.3 Å². The Balaban J connectivity index is 1.74. The summed E-state index contributed by atoms with van der Waals surface area (Å²) in [5.41, 5.74) is -1.26. The Morgan fingerprint density at radius 3 is 2.42 bits per heavy atom. The predicted octanol–water partition coefficient (Wildman–Crippen LogP) is 1.83.